The van der Waals surface area contributed by atoms with Gasteiger partial charge in [-0.05, 0) is 48.9 Å². The van der Waals surface area contributed by atoms with E-state index in [1.165, 1.54) is 0 Å². The molecule has 0 aliphatic carbocycles. The summed E-state index contributed by atoms with van der Waals surface area (Å²) in [6.07, 6.45) is 0.194. The highest BCUT2D eigenvalue weighted by Gasteiger charge is 2.23. The molecule has 0 saturated carbocycles. The fraction of sp³-hybridized carbons (Fsp3) is 0.304. The van der Waals surface area contributed by atoms with Crippen LogP contribution in [0.1, 0.15) is 25.5 Å². The lowest BCUT2D eigenvalue weighted by Crippen LogP contribution is -2.23. The van der Waals surface area contributed by atoms with Crippen LogP contribution in [0, 0.1) is 5.92 Å². The highest BCUT2D eigenvalue weighted by molar-refractivity contribution is 5.91. The maximum Gasteiger partial charge on any atom is 0.412 e. The van der Waals surface area contributed by atoms with Gasteiger partial charge in [0.05, 0.1) is 13.7 Å². The average Bonchev–Trinajstić information content (AvgIpc) is 2.81. The Labute approximate surface area is 186 Å². The summed E-state index contributed by atoms with van der Waals surface area (Å²) >= 11 is 0. The fourth-order valence-corrected chi connectivity index (χ4v) is 2.98. The van der Waals surface area contributed by atoms with Crippen molar-refractivity contribution in [1.29, 1.82) is 0 Å². The van der Waals surface area contributed by atoms with Crippen LogP contribution in [-0.4, -0.2) is 42.6 Å². The van der Waals surface area contributed by atoms with E-state index < -0.39 is 24.0 Å². The molecular weight excluding hydrogens is 416 g/mol. The summed E-state index contributed by atoms with van der Waals surface area (Å²) in [5.41, 5.74) is 3.06. The van der Waals surface area contributed by atoms with Gasteiger partial charge in [-0.2, -0.15) is 0 Å². The zero-order valence-corrected chi connectivity index (χ0v) is 18.2. The molecule has 2 atom stereocenters. The van der Waals surface area contributed by atoms with Crippen molar-refractivity contribution in [1.82, 2.24) is 5.48 Å². The Kier molecular flexibility index (Phi) is 9.52. The number of carbonyl (C=O) groups is 2. The molecule has 2 aromatic rings. The summed E-state index contributed by atoms with van der Waals surface area (Å²) in [5, 5.41) is 20.4. The molecule has 0 fully saturated rings. The molecular formula is C23H28N2O7. The zero-order valence-electron chi connectivity index (χ0n) is 18.2. The van der Waals surface area contributed by atoms with Gasteiger partial charge in [0.25, 0.3) is 5.91 Å². The van der Waals surface area contributed by atoms with Crippen molar-refractivity contribution < 1.29 is 34.1 Å². The van der Waals surface area contributed by atoms with E-state index in [9.17, 15) is 9.59 Å². The first-order chi connectivity index (χ1) is 15.4. The Balaban J connectivity index is 2.22. The molecule has 9 heteroatoms. The number of aliphatic hydroxyl groups is 1. The van der Waals surface area contributed by atoms with Crippen molar-refractivity contribution >= 4 is 17.7 Å². The van der Waals surface area contributed by atoms with E-state index in [0.29, 0.717) is 22.7 Å². The lowest BCUT2D eigenvalue weighted by atomic mass is 9.95. The molecule has 0 aliphatic heterocycles. The molecule has 172 valence electrons. The molecule has 0 spiro atoms. The molecule has 0 saturated heterocycles. The van der Waals surface area contributed by atoms with Gasteiger partial charge in [0.15, 0.2) is 0 Å². The van der Waals surface area contributed by atoms with E-state index in [1.54, 1.807) is 81.0 Å². The van der Waals surface area contributed by atoms with E-state index in [4.69, 9.17) is 24.5 Å². The molecule has 0 aliphatic rings. The number of methoxy groups -OCH3 is 1. The third-order valence-electron chi connectivity index (χ3n) is 4.59. The Morgan fingerprint density at radius 2 is 1.69 bits per heavy atom. The average molecular weight is 444 g/mol. The lowest BCUT2D eigenvalue weighted by Gasteiger charge is -2.23. The van der Waals surface area contributed by atoms with Crippen molar-refractivity contribution in [2.45, 2.75) is 20.0 Å². The number of nitrogens with one attached hydrogen (secondary N) is 2. The smallest absolute Gasteiger partial charge is 0.412 e. The minimum atomic E-state index is -0.735. The van der Waals surface area contributed by atoms with Gasteiger partial charge >= 0.3 is 6.09 Å². The number of hydrogen-bond acceptors (Lipinski definition) is 7. The topological polar surface area (TPSA) is 126 Å². The van der Waals surface area contributed by atoms with E-state index in [0.717, 1.165) is 0 Å². The maximum absolute atomic E-state index is 12.6. The minimum absolute atomic E-state index is 0.104. The minimum Gasteiger partial charge on any atom is -0.497 e. The summed E-state index contributed by atoms with van der Waals surface area (Å²) < 4.78 is 16.2. The molecule has 32 heavy (non-hydrogen) atoms. The van der Waals surface area contributed by atoms with Gasteiger partial charge in [0.1, 0.15) is 24.2 Å². The first-order valence-corrected chi connectivity index (χ1v) is 9.96. The largest absolute Gasteiger partial charge is 0.497 e. The predicted octanol–water partition coefficient (Wildman–Crippen LogP) is 3.44. The molecule has 0 unspecified atom stereocenters. The standard InChI is InChI=1S/C23H28N2O7/c1-15(14-16(2)22(27)25-29)21(17-4-8-20(9-5-17)31-13-12-26)32-23(28)24-18-6-10-19(30-3)11-7-18/h4-11,14-15,21,26,29H,12-13H2,1-3H3,(H,24,28)(H,25,27)/b16-14+/t15-,21+/m1/s1. The van der Waals surface area contributed by atoms with Crippen molar-refractivity contribution in [3.8, 4) is 11.5 Å². The predicted molar refractivity (Wildman–Crippen MR) is 118 cm³/mol. The van der Waals surface area contributed by atoms with Crippen molar-refractivity contribution in [3.63, 3.8) is 0 Å². The molecule has 4 N–H and O–H groups in total. The summed E-state index contributed by atoms with van der Waals surface area (Å²) in [6, 6.07) is 13.7. The van der Waals surface area contributed by atoms with Crippen LogP contribution in [0.2, 0.25) is 0 Å². The first kappa shape index (κ1) is 24.7. The maximum atomic E-state index is 12.6. The number of aliphatic hydroxyl groups excluding tert-OH is 1. The Morgan fingerprint density at radius 3 is 2.25 bits per heavy atom. The van der Waals surface area contributed by atoms with Gasteiger partial charge in [-0.25, -0.2) is 10.3 Å². The van der Waals surface area contributed by atoms with E-state index in [1.807, 2.05) is 0 Å². The SMILES string of the molecule is COc1ccc(NC(=O)O[C@H](c2ccc(OCCO)cc2)[C@H](C)/C=C(\C)C(=O)NO)cc1. The highest BCUT2D eigenvalue weighted by Crippen LogP contribution is 2.30. The normalized spacial score (nSPS) is 13.0. The molecule has 2 aromatic carbocycles. The summed E-state index contributed by atoms with van der Waals surface area (Å²) in [4.78, 5) is 24.3. The third-order valence-corrected chi connectivity index (χ3v) is 4.59. The van der Waals surface area contributed by atoms with Gasteiger partial charge < -0.3 is 19.3 Å². The number of carbonyl (C=O) groups excluding carboxylic acids is 2. The van der Waals surface area contributed by atoms with E-state index in [-0.39, 0.29) is 18.8 Å². The van der Waals surface area contributed by atoms with Crippen molar-refractivity contribution in [3.05, 3.63) is 65.7 Å². The van der Waals surface area contributed by atoms with Gasteiger partial charge in [0, 0.05) is 17.2 Å². The van der Waals surface area contributed by atoms with Crippen molar-refractivity contribution in [2.75, 3.05) is 25.6 Å². The van der Waals surface area contributed by atoms with Crippen LogP contribution >= 0.6 is 0 Å². The molecule has 2 rings (SSSR count). The van der Waals surface area contributed by atoms with Crippen molar-refractivity contribution in [2.24, 2.45) is 5.92 Å². The molecule has 0 radical (unpaired) electrons. The molecule has 9 nitrogen and oxygen atoms in total. The van der Waals surface area contributed by atoms with Gasteiger partial charge in [-0.3, -0.25) is 15.3 Å². The van der Waals surface area contributed by atoms with Gasteiger partial charge in [-0.15, -0.1) is 0 Å². The Morgan fingerprint density at radius 1 is 1.06 bits per heavy atom. The van der Waals surface area contributed by atoms with E-state index in [2.05, 4.69) is 5.32 Å². The number of amides is 2. The van der Waals surface area contributed by atoms with Crippen LogP contribution in [0.15, 0.2) is 60.2 Å². The van der Waals surface area contributed by atoms with Crippen LogP contribution in [0.4, 0.5) is 10.5 Å². The van der Waals surface area contributed by atoms with Crippen LogP contribution in [-0.2, 0) is 9.53 Å². The molecule has 0 bridgehead atoms. The van der Waals surface area contributed by atoms with Crippen LogP contribution in [0.3, 0.4) is 0 Å². The number of hydrogen-bond donors (Lipinski definition) is 4. The fourth-order valence-electron chi connectivity index (χ4n) is 2.98. The number of ether oxygens (including phenoxy) is 3. The quantitative estimate of drug-likeness (QED) is 0.251. The van der Waals surface area contributed by atoms with E-state index >= 15 is 0 Å². The summed E-state index contributed by atoms with van der Waals surface area (Å²) in [5.74, 6) is 0.161. The molecule has 0 heterocycles. The van der Waals surface area contributed by atoms with Crippen LogP contribution < -0.4 is 20.3 Å². The molecule has 0 aromatic heterocycles. The highest BCUT2D eigenvalue weighted by atomic mass is 16.6. The Bertz CT molecular complexity index is 911. The second-order valence-electron chi connectivity index (χ2n) is 6.97. The van der Waals surface area contributed by atoms with Crippen LogP contribution in [0.5, 0.6) is 11.5 Å². The number of hydroxylamine groups is 1. The monoisotopic (exact) mass is 444 g/mol. The van der Waals surface area contributed by atoms with Gasteiger partial charge in [0.2, 0.25) is 0 Å². The summed E-state index contributed by atoms with van der Waals surface area (Å²) in [7, 11) is 1.55. The number of anilines is 1. The van der Waals surface area contributed by atoms with Gasteiger partial charge in [-0.1, -0.05) is 25.1 Å². The third kappa shape index (κ3) is 7.29. The zero-order chi connectivity index (χ0) is 23.5. The molecule has 2 amide bonds. The second kappa shape index (κ2) is 12.3. The Hall–Kier alpha value is -3.56. The van der Waals surface area contributed by atoms with Crippen LogP contribution in [0.25, 0.3) is 0 Å². The second-order valence-corrected chi connectivity index (χ2v) is 6.97. The number of benzene rings is 2. The summed E-state index contributed by atoms with van der Waals surface area (Å²) in [6.45, 7) is 3.39. The first-order valence-electron chi connectivity index (χ1n) is 9.96. The lowest BCUT2D eigenvalue weighted by molar-refractivity contribution is -0.125. The number of rotatable bonds is 10.